The van der Waals surface area contributed by atoms with Crippen molar-refractivity contribution in [3.05, 3.63) is 59.4 Å². The third-order valence-corrected chi connectivity index (χ3v) is 5.66. The van der Waals surface area contributed by atoms with Gasteiger partial charge in [0.25, 0.3) is 0 Å². The van der Waals surface area contributed by atoms with Gasteiger partial charge in [-0.1, -0.05) is 36.4 Å². The van der Waals surface area contributed by atoms with E-state index in [0.717, 1.165) is 25.2 Å². The number of benzene rings is 1. The molecule has 1 unspecified atom stereocenters. The number of hydrogen-bond acceptors (Lipinski definition) is 5. The molecule has 1 saturated heterocycles. The molecule has 29 heavy (non-hydrogen) atoms. The van der Waals surface area contributed by atoms with E-state index in [0.29, 0.717) is 38.0 Å². The predicted molar refractivity (Wildman–Crippen MR) is 114 cm³/mol. The Bertz CT molecular complexity index is 818. The highest BCUT2D eigenvalue weighted by molar-refractivity contribution is 6.14. The van der Waals surface area contributed by atoms with Gasteiger partial charge in [0.05, 0.1) is 12.1 Å². The first-order valence-electron chi connectivity index (χ1n) is 10.1. The highest BCUT2D eigenvalue weighted by atomic mass is 16.3. The molecule has 1 aromatic carbocycles. The standard InChI is InChI=1S/C23H29N3O3/c1-3-23(29)26-12-10-25(11-13-26)9-8-24-16-20-21(27)14-19(15-22(20)28)18-6-4-17(2)5-7-18/h3-7,16,19,27H,1,8-15H2,2H3. The Hall–Kier alpha value is -2.73. The molecular weight excluding hydrogens is 366 g/mol. The third-order valence-electron chi connectivity index (χ3n) is 5.66. The van der Waals surface area contributed by atoms with E-state index in [1.165, 1.54) is 17.9 Å². The molecule has 0 aromatic heterocycles. The molecule has 6 nitrogen and oxygen atoms in total. The zero-order chi connectivity index (χ0) is 20.8. The summed E-state index contributed by atoms with van der Waals surface area (Å²) in [6.07, 6.45) is 3.74. The quantitative estimate of drug-likeness (QED) is 0.594. The summed E-state index contributed by atoms with van der Waals surface area (Å²) >= 11 is 0. The van der Waals surface area contributed by atoms with E-state index in [2.05, 4.69) is 16.5 Å². The van der Waals surface area contributed by atoms with Crippen molar-refractivity contribution in [2.45, 2.75) is 25.7 Å². The van der Waals surface area contributed by atoms with Crippen molar-refractivity contribution in [1.82, 2.24) is 9.80 Å². The molecular formula is C23H29N3O3. The molecule has 2 aliphatic rings. The lowest BCUT2D eigenvalue weighted by Crippen LogP contribution is -2.48. The van der Waals surface area contributed by atoms with Crippen LogP contribution < -0.4 is 0 Å². The molecule has 0 spiro atoms. The summed E-state index contributed by atoms with van der Waals surface area (Å²) in [5.41, 5.74) is 2.60. The number of hydrogen-bond donors (Lipinski definition) is 1. The van der Waals surface area contributed by atoms with E-state index >= 15 is 0 Å². The van der Waals surface area contributed by atoms with E-state index in [-0.39, 0.29) is 23.4 Å². The fraction of sp³-hybridized carbons (Fsp3) is 0.435. The molecule has 0 radical (unpaired) electrons. The Morgan fingerprint density at radius 3 is 2.52 bits per heavy atom. The van der Waals surface area contributed by atoms with Gasteiger partial charge in [-0.15, -0.1) is 0 Å². The van der Waals surface area contributed by atoms with Crippen molar-refractivity contribution in [1.29, 1.82) is 0 Å². The van der Waals surface area contributed by atoms with Crippen molar-refractivity contribution in [2.75, 3.05) is 39.3 Å². The van der Waals surface area contributed by atoms with Crippen LogP contribution in [0, 0.1) is 6.92 Å². The van der Waals surface area contributed by atoms with Crippen LogP contribution in [0.3, 0.4) is 0 Å². The molecule has 6 heteroatoms. The van der Waals surface area contributed by atoms with Crippen molar-refractivity contribution in [3.63, 3.8) is 0 Å². The van der Waals surface area contributed by atoms with Crippen LogP contribution in [0.4, 0.5) is 0 Å². The van der Waals surface area contributed by atoms with Crippen molar-refractivity contribution >= 4 is 17.9 Å². The number of amides is 1. The second-order valence-corrected chi connectivity index (χ2v) is 7.71. The Balaban J connectivity index is 1.49. The fourth-order valence-electron chi connectivity index (χ4n) is 3.81. The molecule has 1 aliphatic carbocycles. The summed E-state index contributed by atoms with van der Waals surface area (Å²) in [6, 6.07) is 8.12. The van der Waals surface area contributed by atoms with Crippen LogP contribution in [-0.2, 0) is 9.59 Å². The lowest BCUT2D eigenvalue weighted by Gasteiger charge is -2.33. The lowest BCUT2D eigenvalue weighted by molar-refractivity contribution is -0.127. The van der Waals surface area contributed by atoms with E-state index in [1.807, 2.05) is 31.2 Å². The van der Waals surface area contributed by atoms with Crippen LogP contribution in [0.25, 0.3) is 0 Å². The van der Waals surface area contributed by atoms with E-state index in [4.69, 9.17) is 0 Å². The van der Waals surface area contributed by atoms with Crippen LogP contribution in [0.2, 0.25) is 0 Å². The van der Waals surface area contributed by atoms with Gasteiger partial charge in [-0.05, 0) is 24.5 Å². The van der Waals surface area contributed by atoms with Gasteiger partial charge in [0, 0.05) is 51.8 Å². The topological polar surface area (TPSA) is 73.2 Å². The molecule has 1 aromatic rings. The number of ketones is 1. The molecule has 1 heterocycles. The zero-order valence-electron chi connectivity index (χ0n) is 17.0. The number of aliphatic hydroxyl groups is 1. The summed E-state index contributed by atoms with van der Waals surface area (Å²) < 4.78 is 0. The van der Waals surface area contributed by atoms with Gasteiger partial charge in [0.1, 0.15) is 5.76 Å². The average molecular weight is 396 g/mol. The number of aryl methyl sites for hydroxylation is 1. The van der Waals surface area contributed by atoms with Gasteiger partial charge >= 0.3 is 0 Å². The number of aliphatic imine (C=N–C) groups is 1. The minimum atomic E-state index is -0.0559. The normalized spacial score (nSPS) is 21.1. The highest BCUT2D eigenvalue weighted by Crippen LogP contribution is 2.33. The molecule has 1 aliphatic heterocycles. The van der Waals surface area contributed by atoms with Crippen LogP contribution in [-0.4, -0.2) is 72.1 Å². The fourth-order valence-corrected chi connectivity index (χ4v) is 3.81. The van der Waals surface area contributed by atoms with Crippen LogP contribution in [0.5, 0.6) is 0 Å². The van der Waals surface area contributed by atoms with Crippen LogP contribution >= 0.6 is 0 Å². The number of Topliss-reactive ketones (excluding diaryl/α,β-unsaturated/α-hetero) is 1. The smallest absolute Gasteiger partial charge is 0.246 e. The number of allylic oxidation sites excluding steroid dienone is 2. The van der Waals surface area contributed by atoms with E-state index in [1.54, 1.807) is 4.90 Å². The van der Waals surface area contributed by atoms with Crippen LogP contribution in [0.15, 0.2) is 53.2 Å². The van der Waals surface area contributed by atoms with Crippen LogP contribution in [0.1, 0.15) is 29.9 Å². The summed E-state index contributed by atoms with van der Waals surface area (Å²) in [5, 5.41) is 10.4. The minimum absolute atomic E-state index is 0.0230. The van der Waals surface area contributed by atoms with E-state index < -0.39 is 0 Å². The maximum Gasteiger partial charge on any atom is 0.246 e. The van der Waals surface area contributed by atoms with Gasteiger partial charge in [0.15, 0.2) is 5.78 Å². The third kappa shape index (κ3) is 5.41. The van der Waals surface area contributed by atoms with Gasteiger partial charge < -0.3 is 10.0 Å². The first-order valence-corrected chi connectivity index (χ1v) is 10.1. The number of carbonyl (C=O) groups is 2. The molecule has 1 atom stereocenters. The first kappa shape index (κ1) is 21.0. The Morgan fingerprint density at radius 2 is 1.90 bits per heavy atom. The number of nitrogens with zero attached hydrogens (tertiary/aromatic N) is 3. The molecule has 1 amide bonds. The molecule has 1 fully saturated rings. The molecule has 154 valence electrons. The molecule has 0 bridgehead atoms. The summed E-state index contributed by atoms with van der Waals surface area (Å²) in [4.78, 5) is 32.5. The molecule has 1 N–H and O–H groups in total. The summed E-state index contributed by atoms with van der Waals surface area (Å²) in [6.45, 7) is 9.87. The largest absolute Gasteiger partial charge is 0.511 e. The lowest BCUT2D eigenvalue weighted by atomic mass is 9.83. The van der Waals surface area contributed by atoms with Gasteiger partial charge in [-0.25, -0.2) is 0 Å². The average Bonchev–Trinajstić information content (AvgIpc) is 2.73. The maximum atomic E-state index is 12.5. The molecule has 3 rings (SSSR count). The highest BCUT2D eigenvalue weighted by Gasteiger charge is 2.27. The SMILES string of the molecule is C=CC(=O)N1CCN(CCN=CC2=C(O)CC(c3ccc(C)cc3)CC2=O)CC1. The maximum absolute atomic E-state index is 12.5. The van der Waals surface area contributed by atoms with Crippen molar-refractivity contribution in [3.8, 4) is 0 Å². The zero-order valence-corrected chi connectivity index (χ0v) is 17.0. The number of carbonyl (C=O) groups excluding carboxylic acids is 2. The van der Waals surface area contributed by atoms with Gasteiger partial charge in [-0.2, -0.15) is 0 Å². The molecule has 0 saturated carbocycles. The number of piperazine rings is 1. The monoisotopic (exact) mass is 395 g/mol. The summed E-state index contributed by atoms with van der Waals surface area (Å²) in [5.74, 6) is 0.0754. The second-order valence-electron chi connectivity index (χ2n) is 7.71. The predicted octanol–water partition coefficient (Wildman–Crippen LogP) is 2.65. The van der Waals surface area contributed by atoms with Crippen molar-refractivity contribution < 1.29 is 14.7 Å². The Labute approximate surface area is 172 Å². The van der Waals surface area contributed by atoms with Crippen molar-refractivity contribution in [2.24, 2.45) is 4.99 Å². The summed E-state index contributed by atoms with van der Waals surface area (Å²) in [7, 11) is 0. The van der Waals surface area contributed by atoms with E-state index in [9.17, 15) is 14.7 Å². The van der Waals surface area contributed by atoms with Gasteiger partial charge in [0.2, 0.25) is 5.91 Å². The Morgan fingerprint density at radius 1 is 1.21 bits per heavy atom. The number of aliphatic hydroxyl groups excluding tert-OH is 1. The van der Waals surface area contributed by atoms with Gasteiger partial charge in [-0.3, -0.25) is 19.5 Å². The first-order chi connectivity index (χ1) is 14.0. The number of rotatable bonds is 6. The minimum Gasteiger partial charge on any atom is -0.511 e. The second kappa shape index (κ2) is 9.65. The Kier molecular flexibility index (Phi) is 6.99.